The lowest BCUT2D eigenvalue weighted by molar-refractivity contribution is 0.580. The first-order valence-corrected chi connectivity index (χ1v) is 2.16. The second kappa shape index (κ2) is 1.69. The van der Waals surface area contributed by atoms with Gasteiger partial charge in [-0.2, -0.15) is 4.98 Å². The van der Waals surface area contributed by atoms with Gasteiger partial charge in [-0.15, -0.1) is 0 Å². The Balaban J connectivity index is 3.00. The molecule has 0 aliphatic heterocycles. The summed E-state index contributed by atoms with van der Waals surface area (Å²) in [5, 5.41) is 0. The monoisotopic (exact) mass is 110 g/mol. The Bertz CT molecular complexity index is 192. The molecule has 0 atom stereocenters. The molecule has 3 nitrogen and oxygen atoms in total. The van der Waals surface area contributed by atoms with Gasteiger partial charge in [-0.3, -0.25) is 0 Å². The predicted octanol–water partition coefficient (Wildman–Crippen LogP) is 0.900. The molecule has 0 fully saturated rings. The molecule has 0 amide bonds. The zero-order valence-corrected chi connectivity index (χ0v) is 4.29. The van der Waals surface area contributed by atoms with Gasteiger partial charge in [0.05, 0.1) is 0 Å². The lowest BCUT2D eigenvalue weighted by atomic mass is 10.5. The Morgan fingerprint density at radius 2 is 2.62 bits per heavy atom. The SMILES string of the molecule is C=Cc1coc(N)n1. The van der Waals surface area contributed by atoms with Crippen molar-refractivity contribution in [3.05, 3.63) is 18.5 Å². The highest BCUT2D eigenvalue weighted by atomic mass is 16.4. The zero-order chi connectivity index (χ0) is 5.98. The maximum atomic E-state index is 5.13. The van der Waals surface area contributed by atoms with Crippen molar-refractivity contribution < 1.29 is 4.42 Å². The van der Waals surface area contributed by atoms with Crippen molar-refractivity contribution in [3.8, 4) is 0 Å². The molecule has 1 rings (SSSR count). The maximum Gasteiger partial charge on any atom is 0.292 e. The molecule has 1 aromatic rings. The van der Waals surface area contributed by atoms with Crippen LogP contribution in [-0.2, 0) is 0 Å². The third-order valence-electron chi connectivity index (χ3n) is 0.749. The van der Waals surface area contributed by atoms with Crippen molar-refractivity contribution in [2.24, 2.45) is 0 Å². The van der Waals surface area contributed by atoms with Gasteiger partial charge < -0.3 is 10.2 Å². The normalized spacial score (nSPS) is 9.00. The number of anilines is 1. The number of rotatable bonds is 1. The van der Waals surface area contributed by atoms with E-state index in [0.29, 0.717) is 5.69 Å². The molecule has 0 saturated heterocycles. The van der Waals surface area contributed by atoms with E-state index in [1.165, 1.54) is 6.26 Å². The number of nitrogen functional groups attached to an aromatic ring is 1. The summed E-state index contributed by atoms with van der Waals surface area (Å²) >= 11 is 0. The van der Waals surface area contributed by atoms with Gasteiger partial charge in [-0.05, 0) is 6.08 Å². The number of hydrogen-bond acceptors (Lipinski definition) is 3. The molecule has 0 aliphatic rings. The van der Waals surface area contributed by atoms with Crippen LogP contribution >= 0.6 is 0 Å². The van der Waals surface area contributed by atoms with E-state index in [4.69, 9.17) is 5.73 Å². The van der Waals surface area contributed by atoms with Crippen molar-refractivity contribution >= 4 is 12.1 Å². The number of hydrogen-bond donors (Lipinski definition) is 1. The average molecular weight is 110 g/mol. The molecule has 0 aliphatic carbocycles. The average Bonchev–Trinajstić information content (AvgIpc) is 2.14. The third kappa shape index (κ3) is 0.703. The van der Waals surface area contributed by atoms with Crippen LogP contribution in [0.15, 0.2) is 17.3 Å². The number of nitrogens with zero attached hydrogens (tertiary/aromatic N) is 1. The Hall–Kier alpha value is -1.25. The summed E-state index contributed by atoms with van der Waals surface area (Å²) in [6.45, 7) is 3.47. The van der Waals surface area contributed by atoms with E-state index in [-0.39, 0.29) is 6.01 Å². The first-order valence-electron chi connectivity index (χ1n) is 2.16. The Morgan fingerprint density at radius 1 is 1.88 bits per heavy atom. The summed E-state index contributed by atoms with van der Waals surface area (Å²) in [6.07, 6.45) is 3.02. The topological polar surface area (TPSA) is 52.0 Å². The first kappa shape index (κ1) is 4.90. The van der Waals surface area contributed by atoms with Crippen LogP contribution in [0.3, 0.4) is 0 Å². The molecule has 3 heteroatoms. The summed E-state index contributed by atoms with van der Waals surface area (Å²) in [6, 6.07) is 0.180. The van der Waals surface area contributed by atoms with Crippen molar-refractivity contribution in [2.75, 3.05) is 5.73 Å². The smallest absolute Gasteiger partial charge is 0.292 e. The number of aromatic nitrogens is 1. The maximum absolute atomic E-state index is 5.13. The molecule has 0 spiro atoms. The van der Waals surface area contributed by atoms with E-state index in [0.717, 1.165) is 0 Å². The Morgan fingerprint density at radius 3 is 2.88 bits per heavy atom. The molecule has 1 aromatic heterocycles. The first-order chi connectivity index (χ1) is 3.83. The molecular formula is C5H6N2O. The summed E-state index contributed by atoms with van der Waals surface area (Å²) < 4.78 is 4.65. The van der Waals surface area contributed by atoms with Crippen LogP contribution in [-0.4, -0.2) is 4.98 Å². The van der Waals surface area contributed by atoms with E-state index in [9.17, 15) is 0 Å². The zero-order valence-electron chi connectivity index (χ0n) is 4.29. The van der Waals surface area contributed by atoms with Crippen LogP contribution in [0.5, 0.6) is 0 Å². The van der Waals surface area contributed by atoms with Gasteiger partial charge in [0.25, 0.3) is 6.01 Å². The second-order valence-electron chi connectivity index (χ2n) is 1.31. The molecule has 0 unspecified atom stereocenters. The summed E-state index contributed by atoms with van der Waals surface area (Å²) in [5.41, 5.74) is 5.80. The van der Waals surface area contributed by atoms with Crippen LogP contribution in [0.2, 0.25) is 0 Å². The van der Waals surface area contributed by atoms with Crippen LogP contribution < -0.4 is 5.73 Å². The summed E-state index contributed by atoms with van der Waals surface area (Å²) in [7, 11) is 0. The van der Waals surface area contributed by atoms with Crippen LogP contribution in [0, 0.1) is 0 Å². The third-order valence-corrected chi connectivity index (χ3v) is 0.749. The van der Waals surface area contributed by atoms with Gasteiger partial charge in [-0.1, -0.05) is 6.58 Å². The number of nitrogens with two attached hydrogens (primary N) is 1. The van der Waals surface area contributed by atoms with Crippen molar-refractivity contribution in [3.63, 3.8) is 0 Å². The van der Waals surface area contributed by atoms with E-state index in [1.807, 2.05) is 0 Å². The highest BCUT2D eigenvalue weighted by Crippen LogP contribution is 2.02. The Kier molecular flexibility index (Phi) is 1.04. The predicted molar refractivity (Wildman–Crippen MR) is 31.0 cm³/mol. The lowest BCUT2D eigenvalue weighted by Gasteiger charge is -1.71. The van der Waals surface area contributed by atoms with E-state index < -0.39 is 0 Å². The molecular weight excluding hydrogens is 104 g/mol. The van der Waals surface area contributed by atoms with Crippen LogP contribution in [0.1, 0.15) is 5.69 Å². The van der Waals surface area contributed by atoms with Crippen molar-refractivity contribution in [1.82, 2.24) is 4.98 Å². The molecule has 2 N–H and O–H groups in total. The molecule has 8 heavy (non-hydrogen) atoms. The fraction of sp³-hybridized carbons (Fsp3) is 0. The van der Waals surface area contributed by atoms with E-state index in [2.05, 4.69) is 16.0 Å². The van der Waals surface area contributed by atoms with Crippen molar-refractivity contribution in [1.29, 1.82) is 0 Å². The molecule has 0 radical (unpaired) electrons. The van der Waals surface area contributed by atoms with Gasteiger partial charge in [-0.25, -0.2) is 0 Å². The minimum Gasteiger partial charge on any atom is -0.432 e. The van der Waals surface area contributed by atoms with E-state index in [1.54, 1.807) is 6.08 Å². The standard InChI is InChI=1S/C5H6N2O/c1-2-4-3-8-5(6)7-4/h2-3H,1H2,(H2,6,7). The van der Waals surface area contributed by atoms with Crippen LogP contribution in [0.25, 0.3) is 6.08 Å². The lowest BCUT2D eigenvalue weighted by Crippen LogP contribution is -1.81. The molecule has 0 bridgehead atoms. The molecule has 42 valence electrons. The Labute approximate surface area is 46.8 Å². The highest BCUT2D eigenvalue weighted by Gasteiger charge is 1.91. The quantitative estimate of drug-likeness (QED) is 0.584. The largest absolute Gasteiger partial charge is 0.432 e. The minimum atomic E-state index is 0.180. The highest BCUT2D eigenvalue weighted by molar-refractivity contribution is 5.40. The minimum absolute atomic E-state index is 0.180. The van der Waals surface area contributed by atoms with Gasteiger partial charge in [0, 0.05) is 0 Å². The van der Waals surface area contributed by atoms with Gasteiger partial charge in [0.15, 0.2) is 0 Å². The molecule has 0 aromatic carbocycles. The second-order valence-corrected chi connectivity index (χ2v) is 1.31. The molecule has 1 heterocycles. The van der Waals surface area contributed by atoms with Gasteiger partial charge >= 0.3 is 0 Å². The van der Waals surface area contributed by atoms with Gasteiger partial charge in [0.2, 0.25) is 0 Å². The van der Waals surface area contributed by atoms with E-state index >= 15 is 0 Å². The van der Waals surface area contributed by atoms with Crippen LogP contribution in [0.4, 0.5) is 6.01 Å². The van der Waals surface area contributed by atoms with Crippen molar-refractivity contribution in [2.45, 2.75) is 0 Å². The summed E-state index contributed by atoms with van der Waals surface area (Å²) in [4.78, 5) is 3.72. The fourth-order valence-corrected chi connectivity index (χ4v) is 0.394. The fourth-order valence-electron chi connectivity index (χ4n) is 0.394. The summed E-state index contributed by atoms with van der Waals surface area (Å²) in [5.74, 6) is 0. The molecule has 0 saturated carbocycles. The number of oxazole rings is 1. The van der Waals surface area contributed by atoms with Gasteiger partial charge in [0.1, 0.15) is 12.0 Å².